The largest absolute Gasteiger partial charge is 0.380 e. The number of aliphatic hydroxyl groups is 1. The van der Waals surface area contributed by atoms with Gasteiger partial charge >= 0.3 is 0 Å². The van der Waals surface area contributed by atoms with Crippen molar-refractivity contribution in [1.29, 1.82) is 0 Å². The van der Waals surface area contributed by atoms with Crippen LogP contribution in [0.4, 0.5) is 0 Å². The lowest BCUT2D eigenvalue weighted by Crippen LogP contribution is -2.41. The average molecular weight is 121 g/mol. The third-order valence-electron chi connectivity index (χ3n) is 0.291. The number of nitrogens with two attached hydrogens (primary N) is 1. The standard InChI is InChI=1S/C2H7N3OS/c3-2(7)5-4-1-6/h4,6H,1H2,(H3,3,5,7). The molecule has 0 unspecified atom stereocenters. The van der Waals surface area contributed by atoms with E-state index in [1.165, 1.54) is 0 Å². The first-order valence-corrected chi connectivity index (χ1v) is 2.07. The third kappa shape index (κ3) is 5.61. The molecule has 7 heavy (non-hydrogen) atoms. The maximum atomic E-state index is 8.03. The predicted molar refractivity (Wildman–Crippen MR) is 30.1 cm³/mol. The van der Waals surface area contributed by atoms with Gasteiger partial charge in [0, 0.05) is 0 Å². The van der Waals surface area contributed by atoms with E-state index in [1.807, 2.05) is 0 Å². The van der Waals surface area contributed by atoms with Crippen molar-refractivity contribution in [2.45, 2.75) is 0 Å². The quantitative estimate of drug-likeness (QED) is 0.199. The van der Waals surface area contributed by atoms with E-state index in [9.17, 15) is 0 Å². The minimum Gasteiger partial charge on any atom is -0.380 e. The Morgan fingerprint density at radius 2 is 2.43 bits per heavy atom. The highest BCUT2D eigenvalue weighted by Crippen LogP contribution is 1.47. The van der Waals surface area contributed by atoms with Gasteiger partial charge in [-0.1, -0.05) is 0 Å². The molecule has 5 heteroatoms. The average Bonchev–Trinajstić information content (AvgIpc) is 1.61. The van der Waals surface area contributed by atoms with Gasteiger partial charge in [0.1, 0.15) is 6.73 Å². The fourth-order valence-corrected chi connectivity index (χ4v) is 0.199. The van der Waals surface area contributed by atoms with Gasteiger partial charge in [-0.3, -0.25) is 5.43 Å². The summed E-state index contributed by atoms with van der Waals surface area (Å²) in [6.07, 6.45) is 0. The maximum Gasteiger partial charge on any atom is 0.178 e. The Balaban J connectivity index is 2.82. The SMILES string of the molecule is NC(=S)NNCO. The molecule has 0 amide bonds. The Morgan fingerprint density at radius 3 is 2.57 bits per heavy atom. The highest BCUT2D eigenvalue weighted by molar-refractivity contribution is 7.80. The van der Waals surface area contributed by atoms with Crippen LogP contribution in [0.1, 0.15) is 0 Å². The van der Waals surface area contributed by atoms with Crippen LogP contribution in [-0.2, 0) is 0 Å². The van der Waals surface area contributed by atoms with Gasteiger partial charge in [0.2, 0.25) is 0 Å². The van der Waals surface area contributed by atoms with Crippen molar-refractivity contribution in [3.63, 3.8) is 0 Å². The van der Waals surface area contributed by atoms with Crippen molar-refractivity contribution >= 4 is 17.3 Å². The number of hydrogen-bond donors (Lipinski definition) is 4. The minimum atomic E-state index is -0.183. The molecule has 42 valence electrons. The van der Waals surface area contributed by atoms with E-state index in [0.717, 1.165) is 0 Å². The molecular formula is C2H7N3OS. The monoisotopic (exact) mass is 121 g/mol. The van der Waals surface area contributed by atoms with E-state index in [4.69, 9.17) is 10.8 Å². The van der Waals surface area contributed by atoms with Crippen LogP contribution in [0.2, 0.25) is 0 Å². The summed E-state index contributed by atoms with van der Waals surface area (Å²) in [5.41, 5.74) is 9.52. The van der Waals surface area contributed by atoms with Crippen molar-refractivity contribution in [1.82, 2.24) is 10.9 Å². The zero-order chi connectivity index (χ0) is 5.70. The van der Waals surface area contributed by atoms with Crippen LogP contribution in [0.5, 0.6) is 0 Å². The van der Waals surface area contributed by atoms with Crippen LogP contribution in [0.25, 0.3) is 0 Å². The third-order valence-corrected chi connectivity index (χ3v) is 0.393. The van der Waals surface area contributed by atoms with E-state index in [2.05, 4.69) is 23.1 Å². The van der Waals surface area contributed by atoms with Crippen LogP contribution < -0.4 is 16.6 Å². The molecule has 0 aliphatic heterocycles. The van der Waals surface area contributed by atoms with Crippen LogP contribution in [0.15, 0.2) is 0 Å². The molecule has 0 fully saturated rings. The first-order chi connectivity index (χ1) is 3.27. The second-order valence-corrected chi connectivity index (χ2v) is 1.26. The molecule has 0 saturated heterocycles. The Bertz CT molecular complexity index is 66.0. The number of hydrogen-bond acceptors (Lipinski definition) is 3. The Labute approximate surface area is 46.7 Å². The lowest BCUT2D eigenvalue weighted by molar-refractivity contribution is 0.252. The van der Waals surface area contributed by atoms with Crippen LogP contribution in [0.3, 0.4) is 0 Å². The Morgan fingerprint density at radius 1 is 1.86 bits per heavy atom. The van der Waals surface area contributed by atoms with Crippen molar-refractivity contribution in [2.24, 2.45) is 5.73 Å². The molecule has 0 aromatic heterocycles. The number of thiocarbonyl (C=S) groups is 1. The number of nitrogens with one attached hydrogen (secondary N) is 2. The lowest BCUT2D eigenvalue weighted by atomic mass is 11.2. The number of hydrazine groups is 1. The molecule has 0 aliphatic rings. The minimum absolute atomic E-state index is 0.119. The van der Waals surface area contributed by atoms with Crippen molar-refractivity contribution in [3.8, 4) is 0 Å². The van der Waals surface area contributed by atoms with Crippen LogP contribution in [0, 0.1) is 0 Å². The molecule has 0 rings (SSSR count). The molecule has 0 atom stereocenters. The highest BCUT2D eigenvalue weighted by Gasteiger charge is 1.77. The van der Waals surface area contributed by atoms with E-state index in [1.54, 1.807) is 0 Å². The summed E-state index contributed by atoms with van der Waals surface area (Å²) in [7, 11) is 0. The molecular weight excluding hydrogens is 114 g/mol. The zero-order valence-electron chi connectivity index (χ0n) is 3.64. The maximum absolute atomic E-state index is 8.03. The Hall–Kier alpha value is -0.390. The van der Waals surface area contributed by atoms with E-state index < -0.39 is 0 Å². The van der Waals surface area contributed by atoms with Gasteiger partial charge in [0.25, 0.3) is 0 Å². The lowest BCUT2D eigenvalue weighted by Gasteiger charge is -1.98. The number of rotatable bonds is 2. The molecule has 0 aliphatic carbocycles. The Kier molecular flexibility index (Phi) is 3.58. The summed E-state index contributed by atoms with van der Waals surface area (Å²) < 4.78 is 0. The van der Waals surface area contributed by atoms with Crippen molar-refractivity contribution in [2.75, 3.05) is 6.73 Å². The van der Waals surface area contributed by atoms with Gasteiger partial charge in [0.05, 0.1) is 0 Å². The van der Waals surface area contributed by atoms with E-state index >= 15 is 0 Å². The van der Waals surface area contributed by atoms with Crippen LogP contribution >= 0.6 is 12.2 Å². The van der Waals surface area contributed by atoms with Gasteiger partial charge in [-0.2, -0.15) is 0 Å². The molecule has 0 aromatic rings. The first-order valence-electron chi connectivity index (χ1n) is 1.66. The molecule has 5 N–H and O–H groups in total. The molecule has 0 radical (unpaired) electrons. The predicted octanol–water partition coefficient (Wildman–Crippen LogP) is -1.73. The summed E-state index contributed by atoms with van der Waals surface area (Å²) in [5.74, 6) is 0. The van der Waals surface area contributed by atoms with Gasteiger partial charge in [-0.15, -0.1) is 0 Å². The summed E-state index contributed by atoms with van der Waals surface area (Å²) in [4.78, 5) is 0. The van der Waals surface area contributed by atoms with Crippen molar-refractivity contribution < 1.29 is 5.11 Å². The normalized spacial score (nSPS) is 8.14. The van der Waals surface area contributed by atoms with Gasteiger partial charge < -0.3 is 10.8 Å². The van der Waals surface area contributed by atoms with E-state index in [-0.39, 0.29) is 11.8 Å². The second kappa shape index (κ2) is 3.79. The number of aliphatic hydroxyl groups excluding tert-OH is 1. The smallest absolute Gasteiger partial charge is 0.178 e. The summed E-state index contributed by atoms with van der Waals surface area (Å²) >= 11 is 4.35. The highest BCUT2D eigenvalue weighted by atomic mass is 32.1. The molecule has 0 spiro atoms. The molecule has 0 aromatic carbocycles. The summed E-state index contributed by atoms with van der Waals surface area (Å²) in [5, 5.41) is 8.15. The molecule has 0 heterocycles. The summed E-state index contributed by atoms with van der Waals surface area (Å²) in [6.45, 7) is -0.183. The molecule has 0 saturated carbocycles. The molecule has 0 bridgehead atoms. The topological polar surface area (TPSA) is 70.3 Å². The summed E-state index contributed by atoms with van der Waals surface area (Å²) in [6, 6.07) is 0. The van der Waals surface area contributed by atoms with Crippen molar-refractivity contribution in [3.05, 3.63) is 0 Å². The fourth-order valence-electron chi connectivity index (χ4n) is 0.127. The van der Waals surface area contributed by atoms with Gasteiger partial charge in [0.15, 0.2) is 5.11 Å². The zero-order valence-corrected chi connectivity index (χ0v) is 4.46. The first kappa shape index (κ1) is 6.61. The van der Waals surface area contributed by atoms with Gasteiger partial charge in [-0.05, 0) is 12.2 Å². The second-order valence-electron chi connectivity index (χ2n) is 0.824. The fraction of sp³-hybridized carbons (Fsp3) is 0.500. The molecule has 4 nitrogen and oxygen atoms in total. The van der Waals surface area contributed by atoms with E-state index in [0.29, 0.717) is 0 Å². The van der Waals surface area contributed by atoms with Gasteiger partial charge in [-0.25, -0.2) is 5.43 Å². The van der Waals surface area contributed by atoms with Crippen LogP contribution in [-0.4, -0.2) is 16.9 Å².